The van der Waals surface area contributed by atoms with Crippen LogP contribution in [0.2, 0.25) is 0 Å². The fraction of sp³-hybridized carbons (Fsp3) is 0.667. The zero-order valence-corrected chi connectivity index (χ0v) is 14.7. The first-order chi connectivity index (χ1) is 10.0. The van der Waals surface area contributed by atoms with Crippen molar-refractivity contribution in [3.8, 4) is 0 Å². The molecular formula is C18H30N2S. The molecule has 0 radical (unpaired) electrons. The van der Waals surface area contributed by atoms with Gasteiger partial charge in [-0.2, -0.15) is 11.8 Å². The highest BCUT2D eigenvalue weighted by molar-refractivity contribution is 7.98. The van der Waals surface area contributed by atoms with E-state index in [0.717, 1.165) is 19.5 Å². The molecule has 1 aromatic rings. The zero-order chi connectivity index (χ0) is 15.3. The molecule has 0 aliphatic carbocycles. The molecule has 0 spiro atoms. The van der Waals surface area contributed by atoms with Crippen LogP contribution in [0, 0.1) is 5.41 Å². The number of hydrogen-bond acceptors (Lipinski definition) is 3. The zero-order valence-electron chi connectivity index (χ0n) is 13.9. The van der Waals surface area contributed by atoms with Crippen molar-refractivity contribution >= 4 is 11.8 Å². The van der Waals surface area contributed by atoms with Crippen LogP contribution >= 0.6 is 11.8 Å². The Morgan fingerprint density at radius 1 is 1.24 bits per heavy atom. The van der Waals surface area contributed by atoms with Crippen LogP contribution in [-0.4, -0.2) is 48.6 Å². The minimum atomic E-state index is 0.336. The monoisotopic (exact) mass is 306 g/mol. The van der Waals surface area contributed by atoms with Gasteiger partial charge >= 0.3 is 0 Å². The normalized spacial score (nSPS) is 24.2. The maximum Gasteiger partial charge on any atom is 0.0270 e. The molecule has 1 fully saturated rings. The third-order valence-electron chi connectivity index (χ3n) is 4.40. The summed E-state index contributed by atoms with van der Waals surface area (Å²) in [5.74, 6) is 1.23. The quantitative estimate of drug-likeness (QED) is 0.899. The van der Waals surface area contributed by atoms with Crippen LogP contribution < -0.4 is 5.32 Å². The lowest BCUT2D eigenvalue weighted by Gasteiger charge is -2.46. The molecule has 1 aliphatic rings. The lowest BCUT2D eigenvalue weighted by Crippen LogP contribution is -2.61. The van der Waals surface area contributed by atoms with E-state index in [-0.39, 0.29) is 0 Å². The standard InChI is InChI=1S/C18H30N2S/c1-18(2,3)17-13-19-16(14-20(17)10-11-21-4)12-15-8-6-5-7-9-15/h5-9,16-17,19H,10-14H2,1-4H3. The van der Waals surface area contributed by atoms with Gasteiger partial charge in [0.25, 0.3) is 0 Å². The summed E-state index contributed by atoms with van der Waals surface area (Å²) < 4.78 is 0. The molecule has 2 unspecified atom stereocenters. The summed E-state index contributed by atoms with van der Waals surface area (Å²) in [7, 11) is 0. The van der Waals surface area contributed by atoms with Gasteiger partial charge in [0.15, 0.2) is 0 Å². The first-order valence-electron chi connectivity index (χ1n) is 8.01. The van der Waals surface area contributed by atoms with Gasteiger partial charge in [-0.25, -0.2) is 0 Å². The van der Waals surface area contributed by atoms with Crippen LogP contribution in [0.3, 0.4) is 0 Å². The molecule has 0 aromatic heterocycles. The van der Waals surface area contributed by atoms with E-state index in [1.807, 2.05) is 11.8 Å². The van der Waals surface area contributed by atoms with E-state index in [2.05, 4.69) is 67.6 Å². The third kappa shape index (κ3) is 5.01. The summed E-state index contributed by atoms with van der Waals surface area (Å²) in [5, 5.41) is 3.78. The Morgan fingerprint density at radius 3 is 2.57 bits per heavy atom. The fourth-order valence-corrected chi connectivity index (χ4v) is 3.64. The lowest BCUT2D eigenvalue weighted by molar-refractivity contribution is 0.0614. The predicted octanol–water partition coefficient (Wildman–Crippen LogP) is 3.28. The van der Waals surface area contributed by atoms with Gasteiger partial charge in [0.2, 0.25) is 0 Å². The molecule has 2 atom stereocenters. The predicted molar refractivity (Wildman–Crippen MR) is 95.1 cm³/mol. The molecule has 3 heteroatoms. The molecule has 1 saturated heterocycles. The van der Waals surface area contributed by atoms with Gasteiger partial charge in [-0.3, -0.25) is 4.90 Å². The summed E-state index contributed by atoms with van der Waals surface area (Å²) in [6.45, 7) is 10.6. The van der Waals surface area contributed by atoms with E-state index < -0.39 is 0 Å². The second-order valence-corrected chi connectivity index (χ2v) is 8.15. The lowest BCUT2D eigenvalue weighted by atomic mass is 9.83. The number of thioether (sulfide) groups is 1. The maximum atomic E-state index is 3.78. The van der Waals surface area contributed by atoms with Gasteiger partial charge in [0, 0.05) is 37.5 Å². The van der Waals surface area contributed by atoms with Gasteiger partial charge in [0.1, 0.15) is 0 Å². The van der Waals surface area contributed by atoms with Gasteiger partial charge in [-0.05, 0) is 23.7 Å². The highest BCUT2D eigenvalue weighted by Crippen LogP contribution is 2.27. The van der Waals surface area contributed by atoms with E-state index in [9.17, 15) is 0 Å². The van der Waals surface area contributed by atoms with E-state index in [0.29, 0.717) is 17.5 Å². The van der Waals surface area contributed by atoms with E-state index in [1.54, 1.807) is 0 Å². The number of rotatable bonds is 5. The highest BCUT2D eigenvalue weighted by Gasteiger charge is 2.34. The number of nitrogens with zero attached hydrogens (tertiary/aromatic N) is 1. The van der Waals surface area contributed by atoms with Crippen LogP contribution in [0.25, 0.3) is 0 Å². The minimum Gasteiger partial charge on any atom is -0.311 e. The molecule has 1 aromatic carbocycles. The van der Waals surface area contributed by atoms with Crippen molar-refractivity contribution in [1.29, 1.82) is 0 Å². The molecule has 0 bridgehead atoms. The van der Waals surface area contributed by atoms with Gasteiger partial charge in [-0.15, -0.1) is 0 Å². The Kier molecular flexibility index (Phi) is 6.15. The van der Waals surface area contributed by atoms with E-state index in [4.69, 9.17) is 0 Å². The largest absolute Gasteiger partial charge is 0.311 e. The smallest absolute Gasteiger partial charge is 0.0270 e. The molecular weight excluding hydrogens is 276 g/mol. The third-order valence-corrected chi connectivity index (χ3v) is 4.99. The van der Waals surface area contributed by atoms with E-state index in [1.165, 1.54) is 17.9 Å². The average molecular weight is 307 g/mol. The van der Waals surface area contributed by atoms with Gasteiger partial charge < -0.3 is 5.32 Å². The molecule has 2 nitrogen and oxygen atoms in total. The van der Waals surface area contributed by atoms with Gasteiger partial charge in [-0.1, -0.05) is 51.1 Å². The van der Waals surface area contributed by atoms with Crippen LogP contribution in [0.1, 0.15) is 26.3 Å². The average Bonchev–Trinajstić information content (AvgIpc) is 2.45. The Morgan fingerprint density at radius 2 is 1.95 bits per heavy atom. The molecule has 0 saturated carbocycles. The molecule has 21 heavy (non-hydrogen) atoms. The summed E-state index contributed by atoms with van der Waals surface area (Å²) in [6, 6.07) is 12.1. The summed E-state index contributed by atoms with van der Waals surface area (Å²) in [5.41, 5.74) is 1.78. The van der Waals surface area contributed by atoms with Crippen molar-refractivity contribution < 1.29 is 0 Å². The molecule has 0 amide bonds. The number of nitrogens with one attached hydrogen (secondary N) is 1. The van der Waals surface area contributed by atoms with Crippen molar-refractivity contribution in [3.05, 3.63) is 35.9 Å². The van der Waals surface area contributed by atoms with Gasteiger partial charge in [0.05, 0.1) is 0 Å². The first kappa shape index (κ1) is 16.9. The van der Waals surface area contributed by atoms with E-state index >= 15 is 0 Å². The number of hydrogen-bond donors (Lipinski definition) is 1. The summed E-state index contributed by atoms with van der Waals surface area (Å²) in [4.78, 5) is 2.71. The molecule has 2 rings (SSSR count). The summed E-state index contributed by atoms with van der Waals surface area (Å²) in [6.07, 6.45) is 3.34. The van der Waals surface area contributed by atoms with Crippen molar-refractivity contribution in [2.45, 2.75) is 39.3 Å². The SMILES string of the molecule is CSCCN1CC(Cc2ccccc2)NCC1C(C)(C)C. The van der Waals surface area contributed by atoms with Crippen molar-refractivity contribution in [2.24, 2.45) is 5.41 Å². The highest BCUT2D eigenvalue weighted by atomic mass is 32.2. The maximum absolute atomic E-state index is 3.78. The second-order valence-electron chi connectivity index (χ2n) is 7.16. The number of piperazine rings is 1. The Hall–Kier alpha value is -0.510. The van der Waals surface area contributed by atoms with Crippen molar-refractivity contribution in [3.63, 3.8) is 0 Å². The Balaban J connectivity index is 1.99. The number of benzene rings is 1. The topological polar surface area (TPSA) is 15.3 Å². The van der Waals surface area contributed by atoms with Crippen LogP contribution in [0.4, 0.5) is 0 Å². The second kappa shape index (κ2) is 7.66. The molecule has 1 heterocycles. The van der Waals surface area contributed by atoms with Crippen LogP contribution in [0.5, 0.6) is 0 Å². The molecule has 118 valence electrons. The fourth-order valence-electron chi connectivity index (χ4n) is 3.23. The Labute approximate surface area is 134 Å². The van der Waals surface area contributed by atoms with Crippen LogP contribution in [-0.2, 0) is 6.42 Å². The summed E-state index contributed by atoms with van der Waals surface area (Å²) >= 11 is 1.95. The Bertz CT molecular complexity index is 413. The first-order valence-corrected chi connectivity index (χ1v) is 9.40. The van der Waals surface area contributed by atoms with Crippen molar-refractivity contribution in [1.82, 2.24) is 10.2 Å². The van der Waals surface area contributed by atoms with Crippen molar-refractivity contribution in [2.75, 3.05) is 31.6 Å². The van der Waals surface area contributed by atoms with Crippen LogP contribution in [0.15, 0.2) is 30.3 Å². The molecule has 1 N–H and O–H groups in total. The molecule has 1 aliphatic heterocycles. The minimum absolute atomic E-state index is 0.336.